The lowest BCUT2D eigenvalue weighted by Crippen LogP contribution is -2.36. The average molecular weight is 448 g/mol. The minimum Gasteiger partial charge on any atom is -0.502 e. The first-order chi connectivity index (χ1) is 16.0. The normalized spacial score (nSPS) is 14.0. The number of aromatic hydroxyl groups is 1. The summed E-state index contributed by atoms with van der Waals surface area (Å²) in [4.78, 5) is 7.08. The molecule has 0 radical (unpaired) electrons. The highest BCUT2D eigenvalue weighted by Gasteiger charge is 2.20. The summed E-state index contributed by atoms with van der Waals surface area (Å²) < 4.78 is 27.0. The summed E-state index contributed by atoms with van der Waals surface area (Å²) in [7, 11) is 1.39. The molecule has 170 valence electrons. The fraction of sp³-hybridized carbons (Fsp3) is 0.240. The molecule has 2 aromatic heterocycles. The van der Waals surface area contributed by atoms with Crippen molar-refractivity contribution in [1.82, 2.24) is 9.38 Å². The summed E-state index contributed by atoms with van der Waals surface area (Å²) in [6.45, 7) is 5.19. The molecule has 0 bridgehead atoms. The minimum atomic E-state index is -0.765. The number of anilines is 3. The van der Waals surface area contributed by atoms with E-state index in [1.54, 1.807) is 6.07 Å². The molecule has 1 saturated heterocycles. The maximum absolute atomic E-state index is 14.4. The Morgan fingerprint density at radius 1 is 1.12 bits per heavy atom. The standard InChI is InChI=1S/C25H25FN4O3/c1-16-4-3-9-30-24(16)28-22(17-14-20(26)23(31)21(15-17)32-2)25(30)27-18-5-7-19(8-6-18)29-10-12-33-13-11-29/h3-9,14-15,27,31H,10-13H2,1-2H3. The molecule has 0 saturated carbocycles. The number of aryl methyl sites for hydroxylation is 1. The van der Waals surface area contributed by atoms with Crippen molar-refractivity contribution in [3.8, 4) is 22.8 Å². The first-order valence-electron chi connectivity index (χ1n) is 10.8. The van der Waals surface area contributed by atoms with Crippen molar-refractivity contribution in [1.29, 1.82) is 0 Å². The Bertz CT molecular complexity index is 1300. The highest BCUT2D eigenvalue weighted by molar-refractivity contribution is 5.81. The van der Waals surface area contributed by atoms with E-state index in [2.05, 4.69) is 22.3 Å². The Morgan fingerprint density at radius 2 is 1.88 bits per heavy atom. The van der Waals surface area contributed by atoms with Crippen molar-refractivity contribution in [2.75, 3.05) is 43.6 Å². The third-order valence-corrected chi connectivity index (χ3v) is 5.87. The molecule has 2 aromatic carbocycles. The van der Waals surface area contributed by atoms with Crippen LogP contribution in [0.1, 0.15) is 5.56 Å². The second kappa shape index (κ2) is 8.63. The van der Waals surface area contributed by atoms with Crippen LogP contribution in [0.3, 0.4) is 0 Å². The lowest BCUT2D eigenvalue weighted by atomic mass is 10.1. The molecule has 0 unspecified atom stereocenters. The number of ether oxygens (including phenoxy) is 2. The number of pyridine rings is 1. The number of hydrogen-bond donors (Lipinski definition) is 2. The summed E-state index contributed by atoms with van der Waals surface area (Å²) in [5.41, 5.74) is 4.82. The van der Waals surface area contributed by atoms with Gasteiger partial charge in [0.05, 0.1) is 20.3 Å². The van der Waals surface area contributed by atoms with Gasteiger partial charge in [0.2, 0.25) is 0 Å². The van der Waals surface area contributed by atoms with Crippen molar-refractivity contribution >= 4 is 22.8 Å². The quantitative estimate of drug-likeness (QED) is 0.459. The number of phenolic OH excluding ortho intramolecular Hbond substituents is 1. The van der Waals surface area contributed by atoms with Crippen LogP contribution >= 0.6 is 0 Å². The maximum Gasteiger partial charge on any atom is 0.194 e. The zero-order chi connectivity index (χ0) is 22.9. The molecule has 0 amide bonds. The highest BCUT2D eigenvalue weighted by Crippen LogP contribution is 2.38. The van der Waals surface area contributed by atoms with Crippen molar-refractivity contribution in [2.24, 2.45) is 0 Å². The second-order valence-electron chi connectivity index (χ2n) is 7.97. The zero-order valence-electron chi connectivity index (χ0n) is 18.5. The van der Waals surface area contributed by atoms with Gasteiger partial charge in [-0.25, -0.2) is 9.37 Å². The number of nitrogens with one attached hydrogen (secondary N) is 1. The van der Waals surface area contributed by atoms with Crippen molar-refractivity contribution < 1.29 is 19.0 Å². The number of nitrogens with zero attached hydrogens (tertiary/aromatic N) is 3. The molecule has 7 nitrogen and oxygen atoms in total. The predicted octanol–water partition coefficient (Wildman–Crippen LogP) is 4.74. The van der Waals surface area contributed by atoms with Gasteiger partial charge < -0.3 is 24.8 Å². The van der Waals surface area contributed by atoms with Gasteiger partial charge in [-0.1, -0.05) is 6.07 Å². The topological polar surface area (TPSA) is 71.3 Å². The molecule has 1 aliphatic heterocycles. The molecule has 2 N–H and O–H groups in total. The summed E-state index contributed by atoms with van der Waals surface area (Å²) >= 11 is 0. The zero-order valence-corrected chi connectivity index (χ0v) is 18.5. The third kappa shape index (κ3) is 3.93. The van der Waals surface area contributed by atoms with E-state index in [0.717, 1.165) is 48.9 Å². The van der Waals surface area contributed by atoms with Crippen molar-refractivity contribution in [3.05, 3.63) is 66.1 Å². The Labute approximate surface area is 191 Å². The largest absolute Gasteiger partial charge is 0.502 e. The van der Waals surface area contributed by atoms with Crippen LogP contribution in [0.15, 0.2) is 54.7 Å². The molecule has 8 heteroatoms. The molecule has 5 rings (SSSR count). The fourth-order valence-corrected chi connectivity index (χ4v) is 4.10. The van der Waals surface area contributed by atoms with Gasteiger partial charge in [-0.05, 0) is 55.0 Å². The Hall–Kier alpha value is -3.78. The van der Waals surface area contributed by atoms with E-state index in [4.69, 9.17) is 14.5 Å². The Kier molecular flexibility index (Phi) is 5.51. The van der Waals surface area contributed by atoms with Gasteiger partial charge in [0.15, 0.2) is 17.3 Å². The summed E-state index contributed by atoms with van der Waals surface area (Å²) in [5.74, 6) is -0.534. The molecule has 1 aliphatic rings. The number of aromatic nitrogens is 2. The lowest BCUT2D eigenvalue weighted by molar-refractivity contribution is 0.122. The third-order valence-electron chi connectivity index (χ3n) is 5.87. The van der Waals surface area contributed by atoms with Crippen LogP contribution in [0.4, 0.5) is 21.6 Å². The van der Waals surface area contributed by atoms with Crippen LogP contribution in [0.2, 0.25) is 0 Å². The van der Waals surface area contributed by atoms with E-state index in [1.165, 1.54) is 13.2 Å². The number of halogens is 1. The number of hydrogen-bond acceptors (Lipinski definition) is 6. The number of phenols is 1. The smallest absolute Gasteiger partial charge is 0.194 e. The first-order valence-corrected chi connectivity index (χ1v) is 10.8. The Morgan fingerprint density at radius 3 is 2.61 bits per heavy atom. The molecular weight excluding hydrogens is 423 g/mol. The van der Waals surface area contributed by atoms with E-state index in [-0.39, 0.29) is 5.75 Å². The van der Waals surface area contributed by atoms with Gasteiger partial charge in [-0.3, -0.25) is 4.40 Å². The van der Waals surface area contributed by atoms with E-state index in [0.29, 0.717) is 17.1 Å². The number of imidazole rings is 1. The molecule has 4 aromatic rings. The number of methoxy groups -OCH3 is 1. The SMILES string of the molecule is COc1cc(-c2nc3c(C)cccn3c2Nc2ccc(N3CCOCC3)cc2)cc(F)c1O. The average Bonchev–Trinajstić information content (AvgIpc) is 3.21. The van der Waals surface area contributed by atoms with Gasteiger partial charge >= 0.3 is 0 Å². The highest BCUT2D eigenvalue weighted by atomic mass is 19.1. The van der Waals surface area contributed by atoms with Gasteiger partial charge in [-0.15, -0.1) is 0 Å². The van der Waals surface area contributed by atoms with Crippen molar-refractivity contribution in [3.63, 3.8) is 0 Å². The van der Waals surface area contributed by atoms with Crippen LogP contribution in [0.25, 0.3) is 16.9 Å². The molecule has 33 heavy (non-hydrogen) atoms. The van der Waals surface area contributed by atoms with Crippen molar-refractivity contribution in [2.45, 2.75) is 6.92 Å². The first kappa shape index (κ1) is 21.1. The fourth-order valence-electron chi connectivity index (χ4n) is 4.10. The summed E-state index contributed by atoms with van der Waals surface area (Å²) in [6, 6.07) is 15.0. The second-order valence-corrected chi connectivity index (χ2v) is 7.97. The monoisotopic (exact) mass is 448 g/mol. The van der Waals surface area contributed by atoms with Crippen LogP contribution in [-0.4, -0.2) is 47.9 Å². The van der Waals surface area contributed by atoms with E-state index in [9.17, 15) is 9.50 Å². The molecular formula is C25H25FN4O3. The number of benzene rings is 2. The van der Waals surface area contributed by atoms with E-state index in [1.807, 2.05) is 41.8 Å². The number of morpholine rings is 1. The van der Waals surface area contributed by atoms with Crippen LogP contribution in [0, 0.1) is 12.7 Å². The van der Waals surface area contributed by atoms with Crippen LogP contribution in [-0.2, 0) is 4.74 Å². The van der Waals surface area contributed by atoms with Gasteiger partial charge in [0.25, 0.3) is 0 Å². The molecule has 0 spiro atoms. The van der Waals surface area contributed by atoms with E-state index >= 15 is 0 Å². The lowest BCUT2D eigenvalue weighted by Gasteiger charge is -2.29. The molecule has 0 aliphatic carbocycles. The number of fused-ring (bicyclic) bond motifs is 1. The van der Waals surface area contributed by atoms with Gasteiger partial charge in [-0.2, -0.15) is 0 Å². The molecule has 1 fully saturated rings. The van der Waals surface area contributed by atoms with Crippen LogP contribution in [0.5, 0.6) is 11.5 Å². The summed E-state index contributed by atoms with van der Waals surface area (Å²) in [6.07, 6.45) is 1.91. The van der Waals surface area contributed by atoms with Crippen LogP contribution < -0.4 is 15.0 Å². The number of rotatable bonds is 5. The van der Waals surface area contributed by atoms with E-state index < -0.39 is 11.6 Å². The predicted molar refractivity (Wildman–Crippen MR) is 126 cm³/mol. The Balaban J connectivity index is 1.56. The molecule has 0 atom stereocenters. The van der Waals surface area contributed by atoms with Gasteiger partial charge in [0, 0.05) is 36.2 Å². The minimum absolute atomic E-state index is 0.0552. The van der Waals surface area contributed by atoms with Gasteiger partial charge in [0.1, 0.15) is 17.2 Å². The molecule has 3 heterocycles. The summed E-state index contributed by atoms with van der Waals surface area (Å²) in [5, 5.41) is 13.4. The maximum atomic E-state index is 14.4.